The van der Waals surface area contributed by atoms with E-state index in [9.17, 15) is 14.4 Å². The molecule has 0 aromatic heterocycles. The quantitative estimate of drug-likeness (QED) is 0.0988. The third-order valence-corrected chi connectivity index (χ3v) is 8.26. The number of amides is 2. The number of fused-ring (bicyclic) bond motifs is 1. The van der Waals surface area contributed by atoms with Gasteiger partial charge in [0.2, 0.25) is 0 Å². The standard InChI is InChI=1S/C18H22N2OS.C18H15NO2S/c1-20-10-9-13(11-14-5-3-4-6-16(14)20)12-17(22-2)18(21)19-15-7-8-15;1-2-5-17(22)15-6-3-4-7-16(15)18(21)19-14-10-8-13(12-20)9-11-14/h3-6,11-12,15H,7-10H2,1-2H3,(H,19,21);2-12,22H,1H2,(H,19,21)/b17-12-;17-5-. The van der Waals surface area contributed by atoms with Gasteiger partial charge in [-0.05, 0) is 91.3 Å². The number of hydrogen-bond donors (Lipinski definition) is 3. The van der Waals surface area contributed by atoms with E-state index in [1.807, 2.05) is 18.4 Å². The second kappa shape index (κ2) is 16.0. The molecule has 0 radical (unpaired) electrons. The second-order valence-electron chi connectivity index (χ2n) is 10.4. The second-order valence-corrected chi connectivity index (χ2v) is 11.8. The molecule has 1 fully saturated rings. The molecule has 0 saturated heterocycles. The number of nitrogens with one attached hydrogen (secondary N) is 2. The molecule has 1 heterocycles. The summed E-state index contributed by atoms with van der Waals surface area (Å²) in [5, 5.41) is 5.88. The number of allylic oxidation sites excluding steroid dienone is 3. The molecule has 2 N–H and O–H groups in total. The summed E-state index contributed by atoms with van der Waals surface area (Å²) in [5.41, 5.74) is 6.12. The number of rotatable bonds is 9. The highest BCUT2D eigenvalue weighted by Crippen LogP contribution is 2.29. The number of thiol groups is 1. The van der Waals surface area contributed by atoms with Crippen LogP contribution < -0.4 is 15.5 Å². The zero-order valence-electron chi connectivity index (χ0n) is 25.0. The maximum Gasteiger partial charge on any atom is 0.257 e. The van der Waals surface area contributed by atoms with E-state index in [2.05, 4.69) is 78.2 Å². The molecule has 0 bridgehead atoms. The van der Waals surface area contributed by atoms with Crippen molar-refractivity contribution in [3.05, 3.63) is 130 Å². The third kappa shape index (κ3) is 9.11. The fraction of sp³-hybridized carbons (Fsp3) is 0.194. The summed E-state index contributed by atoms with van der Waals surface area (Å²) in [7, 11) is 2.12. The summed E-state index contributed by atoms with van der Waals surface area (Å²) in [6, 6.07) is 22.7. The van der Waals surface area contributed by atoms with Crippen LogP contribution >= 0.6 is 24.4 Å². The van der Waals surface area contributed by atoms with Gasteiger partial charge in [-0.2, -0.15) is 0 Å². The van der Waals surface area contributed by atoms with Gasteiger partial charge in [0.1, 0.15) is 6.29 Å². The minimum Gasteiger partial charge on any atom is -0.374 e. The Morgan fingerprint density at radius 2 is 1.68 bits per heavy atom. The van der Waals surface area contributed by atoms with E-state index in [1.165, 1.54) is 28.6 Å². The van der Waals surface area contributed by atoms with Crippen LogP contribution in [0.5, 0.6) is 0 Å². The van der Waals surface area contributed by atoms with E-state index in [4.69, 9.17) is 0 Å². The average Bonchev–Trinajstić information content (AvgIpc) is 3.88. The van der Waals surface area contributed by atoms with Gasteiger partial charge in [-0.25, -0.2) is 0 Å². The normalized spacial score (nSPS) is 14.6. The Morgan fingerprint density at radius 1 is 1.00 bits per heavy atom. The highest BCUT2D eigenvalue weighted by Gasteiger charge is 2.24. The maximum atomic E-state index is 12.4. The van der Waals surface area contributed by atoms with Crippen LogP contribution in [0.3, 0.4) is 0 Å². The Labute approximate surface area is 269 Å². The lowest BCUT2D eigenvalue weighted by molar-refractivity contribution is -0.116. The summed E-state index contributed by atoms with van der Waals surface area (Å²) in [4.78, 5) is 39.1. The van der Waals surface area contributed by atoms with Gasteiger partial charge in [0.05, 0.1) is 4.91 Å². The van der Waals surface area contributed by atoms with E-state index < -0.39 is 0 Å². The van der Waals surface area contributed by atoms with Crippen LogP contribution in [-0.2, 0) is 4.79 Å². The highest BCUT2D eigenvalue weighted by atomic mass is 32.2. The zero-order chi connectivity index (χ0) is 31.5. The van der Waals surface area contributed by atoms with Gasteiger partial charge in [0.15, 0.2) is 0 Å². The Morgan fingerprint density at radius 3 is 2.34 bits per heavy atom. The third-order valence-electron chi connectivity index (χ3n) is 7.13. The Bertz CT molecular complexity index is 1600. The van der Waals surface area contributed by atoms with Crippen molar-refractivity contribution < 1.29 is 14.4 Å². The lowest BCUT2D eigenvalue weighted by Crippen LogP contribution is -2.26. The number of carbonyl (C=O) groups is 3. The SMILES string of the molecule is C=C/C=C(\S)c1ccccc1C(=O)Nc1ccc(C=O)cc1.CS/C(=C\C1=Cc2ccccc2N(C)CC1)C(=O)NC1CC1. The molecule has 6 nitrogen and oxygen atoms in total. The first-order chi connectivity index (χ1) is 21.3. The molecule has 1 aliphatic heterocycles. The number of benzene rings is 3. The average molecular weight is 624 g/mol. The zero-order valence-corrected chi connectivity index (χ0v) is 26.7. The number of aldehydes is 1. The topological polar surface area (TPSA) is 78.5 Å². The predicted molar refractivity (Wildman–Crippen MR) is 188 cm³/mol. The van der Waals surface area contributed by atoms with Crippen LogP contribution in [-0.4, -0.2) is 44.0 Å². The summed E-state index contributed by atoms with van der Waals surface area (Å²) < 4.78 is 0. The van der Waals surface area contributed by atoms with E-state index in [0.717, 1.165) is 42.6 Å². The van der Waals surface area contributed by atoms with E-state index in [0.29, 0.717) is 27.8 Å². The Kier molecular flexibility index (Phi) is 11.9. The van der Waals surface area contributed by atoms with Crippen molar-refractivity contribution in [1.82, 2.24) is 5.32 Å². The van der Waals surface area contributed by atoms with Crippen LogP contribution in [0.15, 0.2) is 108 Å². The van der Waals surface area contributed by atoms with Crippen LogP contribution in [0.1, 0.15) is 51.1 Å². The summed E-state index contributed by atoms with van der Waals surface area (Å²) >= 11 is 5.91. The summed E-state index contributed by atoms with van der Waals surface area (Å²) in [5.74, 6) is -0.166. The van der Waals surface area contributed by atoms with Gasteiger partial charge < -0.3 is 15.5 Å². The smallest absolute Gasteiger partial charge is 0.257 e. The van der Waals surface area contributed by atoms with Crippen LogP contribution in [0, 0.1) is 0 Å². The van der Waals surface area contributed by atoms with Gasteiger partial charge in [-0.3, -0.25) is 14.4 Å². The molecular weight excluding hydrogens is 587 g/mol. The first kappa shape index (κ1) is 32.6. The molecule has 3 aromatic carbocycles. The van der Waals surface area contributed by atoms with Crippen LogP contribution in [0.4, 0.5) is 11.4 Å². The van der Waals surface area contributed by atoms with Crippen molar-refractivity contribution in [2.75, 3.05) is 30.1 Å². The number of carbonyl (C=O) groups excluding carboxylic acids is 3. The van der Waals surface area contributed by atoms with Crippen LogP contribution in [0.2, 0.25) is 0 Å². The molecule has 1 aliphatic carbocycles. The molecule has 0 unspecified atom stereocenters. The van der Waals surface area contributed by atoms with Crippen molar-refractivity contribution >= 4 is 64.8 Å². The Hall–Kier alpha value is -4.27. The number of para-hydroxylation sites is 1. The van der Waals surface area contributed by atoms with Crippen LogP contribution in [0.25, 0.3) is 11.0 Å². The monoisotopic (exact) mass is 623 g/mol. The minimum absolute atomic E-state index is 0.0711. The van der Waals surface area contributed by atoms with E-state index in [1.54, 1.807) is 48.6 Å². The number of anilines is 2. The van der Waals surface area contributed by atoms with Crippen molar-refractivity contribution in [2.24, 2.45) is 0 Å². The summed E-state index contributed by atoms with van der Waals surface area (Å²) in [6.07, 6.45) is 13.5. The Balaban J connectivity index is 0.000000201. The molecule has 0 atom stereocenters. The van der Waals surface area contributed by atoms with Gasteiger partial charge in [0.25, 0.3) is 11.8 Å². The number of thioether (sulfide) groups is 1. The highest BCUT2D eigenvalue weighted by molar-refractivity contribution is 8.03. The fourth-order valence-corrected chi connectivity index (χ4v) is 5.39. The molecule has 5 rings (SSSR count). The van der Waals surface area contributed by atoms with Crippen molar-refractivity contribution in [3.8, 4) is 0 Å². The molecule has 44 heavy (non-hydrogen) atoms. The van der Waals surface area contributed by atoms with E-state index in [-0.39, 0.29) is 11.8 Å². The number of hydrogen-bond acceptors (Lipinski definition) is 6. The molecule has 3 aromatic rings. The fourth-order valence-electron chi connectivity index (χ4n) is 4.58. The van der Waals surface area contributed by atoms with Gasteiger partial charge in [-0.15, -0.1) is 24.4 Å². The molecule has 1 saturated carbocycles. The van der Waals surface area contributed by atoms with Crippen molar-refractivity contribution in [1.29, 1.82) is 0 Å². The van der Waals surface area contributed by atoms with Crippen molar-refractivity contribution in [3.63, 3.8) is 0 Å². The summed E-state index contributed by atoms with van der Waals surface area (Å²) in [6.45, 7) is 4.59. The van der Waals surface area contributed by atoms with Gasteiger partial charge >= 0.3 is 0 Å². The van der Waals surface area contributed by atoms with E-state index >= 15 is 0 Å². The predicted octanol–water partition coefficient (Wildman–Crippen LogP) is 7.64. The molecular formula is C36H37N3O3S2. The lowest BCUT2D eigenvalue weighted by atomic mass is 10.1. The molecule has 8 heteroatoms. The minimum atomic E-state index is -0.238. The largest absolute Gasteiger partial charge is 0.374 e. The maximum absolute atomic E-state index is 12.4. The first-order valence-electron chi connectivity index (χ1n) is 14.4. The van der Waals surface area contributed by atoms with Gasteiger partial charge in [-0.1, -0.05) is 49.1 Å². The molecule has 2 amide bonds. The lowest BCUT2D eigenvalue weighted by Gasteiger charge is -2.18. The van der Waals surface area contributed by atoms with Gasteiger partial charge in [0, 0.05) is 52.6 Å². The first-order valence-corrected chi connectivity index (χ1v) is 16.0. The number of nitrogens with zero attached hydrogens (tertiary/aromatic N) is 1. The van der Waals surface area contributed by atoms with Crippen molar-refractivity contribution in [2.45, 2.75) is 25.3 Å². The molecule has 2 aliphatic rings. The molecule has 226 valence electrons. The molecule has 0 spiro atoms.